The van der Waals surface area contributed by atoms with Gasteiger partial charge < -0.3 is 19.7 Å². The molecular weight excluding hydrogens is 536 g/mol. The van der Waals surface area contributed by atoms with E-state index >= 15 is 0 Å². The molecule has 0 saturated carbocycles. The molecule has 1 heterocycles. The first kappa shape index (κ1) is 29.6. The van der Waals surface area contributed by atoms with Gasteiger partial charge in [-0.15, -0.1) is 0 Å². The van der Waals surface area contributed by atoms with Gasteiger partial charge in [0.1, 0.15) is 17.5 Å². The quantitative estimate of drug-likeness (QED) is 0.177. The summed E-state index contributed by atoms with van der Waals surface area (Å²) in [7, 11) is 3.17. The molecule has 8 nitrogen and oxygen atoms in total. The SMILES string of the molecule is COc1ccc(NC(=O)C(c2ccc(OC)cc2)N(Cc2ccc(C)cc2)C(=O)CSc2nc(C)cc(C)n2)cc1. The van der Waals surface area contributed by atoms with Crippen molar-refractivity contribution in [2.75, 3.05) is 25.3 Å². The van der Waals surface area contributed by atoms with Gasteiger partial charge in [0.25, 0.3) is 5.91 Å². The highest BCUT2D eigenvalue weighted by Gasteiger charge is 2.32. The molecule has 0 spiro atoms. The van der Waals surface area contributed by atoms with Crippen molar-refractivity contribution in [3.8, 4) is 11.5 Å². The van der Waals surface area contributed by atoms with E-state index in [0.717, 1.165) is 22.5 Å². The number of benzene rings is 3. The van der Waals surface area contributed by atoms with E-state index in [1.165, 1.54) is 11.8 Å². The van der Waals surface area contributed by atoms with Crippen molar-refractivity contribution in [2.45, 2.75) is 38.5 Å². The highest BCUT2D eigenvalue weighted by atomic mass is 32.2. The summed E-state index contributed by atoms with van der Waals surface area (Å²) in [6.07, 6.45) is 0. The molecule has 0 radical (unpaired) electrons. The second-order valence-corrected chi connectivity index (χ2v) is 10.6. The Balaban J connectivity index is 1.70. The number of aryl methyl sites for hydroxylation is 3. The molecule has 0 saturated heterocycles. The maximum absolute atomic E-state index is 14.0. The van der Waals surface area contributed by atoms with Crippen molar-refractivity contribution >= 4 is 29.3 Å². The lowest BCUT2D eigenvalue weighted by atomic mass is 10.0. The molecule has 0 bridgehead atoms. The number of nitrogens with one attached hydrogen (secondary N) is 1. The van der Waals surface area contributed by atoms with Gasteiger partial charge in [-0.25, -0.2) is 9.97 Å². The fourth-order valence-corrected chi connectivity index (χ4v) is 5.16. The predicted molar refractivity (Wildman–Crippen MR) is 161 cm³/mol. The summed E-state index contributed by atoms with van der Waals surface area (Å²) < 4.78 is 10.6. The van der Waals surface area contributed by atoms with Crippen LogP contribution >= 0.6 is 11.8 Å². The molecule has 9 heteroatoms. The van der Waals surface area contributed by atoms with Crippen LogP contribution in [0.15, 0.2) is 84.0 Å². The van der Waals surface area contributed by atoms with Gasteiger partial charge in [0.05, 0.1) is 20.0 Å². The van der Waals surface area contributed by atoms with Crippen LogP contribution < -0.4 is 14.8 Å². The number of carbonyl (C=O) groups is 2. The number of amides is 2. The molecule has 41 heavy (non-hydrogen) atoms. The number of hydrogen-bond donors (Lipinski definition) is 1. The third-order valence-electron chi connectivity index (χ3n) is 6.43. The lowest BCUT2D eigenvalue weighted by Gasteiger charge is -2.31. The lowest BCUT2D eigenvalue weighted by molar-refractivity contribution is -0.137. The summed E-state index contributed by atoms with van der Waals surface area (Å²) in [6.45, 7) is 6.04. The summed E-state index contributed by atoms with van der Waals surface area (Å²) in [5.41, 5.74) is 4.93. The largest absolute Gasteiger partial charge is 0.497 e. The minimum atomic E-state index is -0.919. The number of methoxy groups -OCH3 is 2. The first-order chi connectivity index (χ1) is 19.7. The average molecular weight is 571 g/mol. The molecule has 1 unspecified atom stereocenters. The number of carbonyl (C=O) groups excluding carboxylic acids is 2. The average Bonchev–Trinajstić information content (AvgIpc) is 2.97. The summed E-state index contributed by atoms with van der Waals surface area (Å²) in [6, 6.07) is 23.2. The Morgan fingerprint density at radius 2 is 1.39 bits per heavy atom. The first-order valence-electron chi connectivity index (χ1n) is 13.1. The van der Waals surface area contributed by atoms with Crippen molar-refractivity contribution in [2.24, 2.45) is 0 Å². The predicted octanol–water partition coefficient (Wildman–Crippen LogP) is 5.92. The van der Waals surface area contributed by atoms with E-state index in [-0.39, 0.29) is 24.1 Å². The number of aromatic nitrogens is 2. The van der Waals surface area contributed by atoms with E-state index in [9.17, 15) is 9.59 Å². The smallest absolute Gasteiger partial charge is 0.251 e. The second-order valence-electron chi connectivity index (χ2n) is 9.62. The van der Waals surface area contributed by atoms with Crippen molar-refractivity contribution in [3.05, 3.63) is 107 Å². The Kier molecular flexibility index (Phi) is 9.97. The second kappa shape index (κ2) is 13.8. The molecule has 212 valence electrons. The molecule has 0 fully saturated rings. The molecule has 1 atom stereocenters. The lowest BCUT2D eigenvalue weighted by Crippen LogP contribution is -2.41. The molecular formula is C32H34N4O4S. The third kappa shape index (κ3) is 8.08. The standard InChI is InChI=1S/C32H34N4O4S/c1-21-6-8-24(9-7-21)19-36(29(37)20-41-32-33-22(2)18-23(3)34-32)30(25-10-14-27(39-4)15-11-25)31(38)35-26-12-16-28(40-5)17-13-26/h6-18,30H,19-20H2,1-5H3,(H,35,38). The molecule has 3 aromatic carbocycles. The first-order valence-corrected chi connectivity index (χ1v) is 14.1. The minimum Gasteiger partial charge on any atom is -0.497 e. The Hall–Kier alpha value is -4.37. The summed E-state index contributed by atoms with van der Waals surface area (Å²) in [4.78, 5) is 38.5. The van der Waals surface area contributed by atoms with Crippen molar-refractivity contribution in [3.63, 3.8) is 0 Å². The molecule has 1 N–H and O–H groups in total. The van der Waals surface area contributed by atoms with E-state index in [1.807, 2.05) is 63.2 Å². The van der Waals surface area contributed by atoms with Gasteiger partial charge >= 0.3 is 0 Å². The number of anilines is 1. The van der Waals surface area contributed by atoms with Crippen LogP contribution in [0.4, 0.5) is 5.69 Å². The van der Waals surface area contributed by atoms with Crippen LogP contribution in [0.2, 0.25) is 0 Å². The van der Waals surface area contributed by atoms with Gasteiger partial charge in [-0.2, -0.15) is 0 Å². The zero-order valence-electron chi connectivity index (χ0n) is 23.9. The molecule has 1 aromatic heterocycles. The molecule has 0 aliphatic carbocycles. The number of hydrogen-bond acceptors (Lipinski definition) is 7. The molecule has 4 rings (SSSR count). The van der Waals surface area contributed by atoms with Gasteiger partial charge in [-0.1, -0.05) is 53.7 Å². The summed E-state index contributed by atoms with van der Waals surface area (Å²) in [5, 5.41) is 3.51. The summed E-state index contributed by atoms with van der Waals surface area (Å²) >= 11 is 1.26. The van der Waals surface area contributed by atoms with Gasteiger partial charge in [0, 0.05) is 23.6 Å². The normalized spacial score (nSPS) is 11.4. The van der Waals surface area contributed by atoms with Gasteiger partial charge in [0.2, 0.25) is 5.91 Å². The summed E-state index contributed by atoms with van der Waals surface area (Å²) in [5.74, 6) is 0.841. The highest BCUT2D eigenvalue weighted by molar-refractivity contribution is 7.99. The van der Waals surface area contributed by atoms with Crippen LogP contribution in [0, 0.1) is 20.8 Å². The third-order valence-corrected chi connectivity index (χ3v) is 7.26. The van der Waals surface area contributed by atoms with E-state index < -0.39 is 6.04 Å². The Labute approximate surface area is 245 Å². The van der Waals surface area contributed by atoms with Crippen LogP contribution in [-0.4, -0.2) is 46.7 Å². The maximum Gasteiger partial charge on any atom is 0.251 e. The maximum atomic E-state index is 14.0. The van der Waals surface area contributed by atoms with Crippen LogP contribution in [0.5, 0.6) is 11.5 Å². The van der Waals surface area contributed by atoms with Gasteiger partial charge in [0.15, 0.2) is 5.16 Å². The monoisotopic (exact) mass is 570 g/mol. The molecule has 0 aliphatic rings. The molecule has 0 aliphatic heterocycles. The van der Waals surface area contributed by atoms with Crippen LogP contribution in [-0.2, 0) is 16.1 Å². The van der Waals surface area contributed by atoms with Gasteiger partial charge in [-0.05, 0) is 74.4 Å². The fourth-order valence-electron chi connectivity index (χ4n) is 4.32. The van der Waals surface area contributed by atoms with Crippen molar-refractivity contribution < 1.29 is 19.1 Å². The molecule has 2 amide bonds. The highest BCUT2D eigenvalue weighted by Crippen LogP contribution is 2.29. The fraction of sp³-hybridized carbons (Fsp3) is 0.250. The Morgan fingerprint density at radius 3 is 1.95 bits per heavy atom. The Morgan fingerprint density at radius 1 is 0.829 bits per heavy atom. The van der Waals surface area contributed by atoms with E-state index in [4.69, 9.17) is 9.47 Å². The zero-order chi connectivity index (χ0) is 29.4. The van der Waals surface area contributed by atoms with E-state index in [0.29, 0.717) is 27.9 Å². The van der Waals surface area contributed by atoms with Crippen molar-refractivity contribution in [1.82, 2.24) is 14.9 Å². The topological polar surface area (TPSA) is 93.7 Å². The van der Waals surface area contributed by atoms with Crippen LogP contribution in [0.25, 0.3) is 0 Å². The van der Waals surface area contributed by atoms with Crippen molar-refractivity contribution in [1.29, 1.82) is 0 Å². The minimum absolute atomic E-state index is 0.0667. The van der Waals surface area contributed by atoms with E-state index in [1.54, 1.807) is 55.5 Å². The zero-order valence-corrected chi connectivity index (χ0v) is 24.7. The molecule has 4 aromatic rings. The van der Waals surface area contributed by atoms with Gasteiger partial charge in [-0.3, -0.25) is 9.59 Å². The number of rotatable bonds is 11. The number of thioether (sulfide) groups is 1. The Bertz CT molecular complexity index is 1460. The number of nitrogens with zero attached hydrogens (tertiary/aromatic N) is 3. The van der Waals surface area contributed by atoms with Crippen LogP contribution in [0.1, 0.15) is 34.1 Å². The number of ether oxygens (including phenoxy) is 2. The van der Waals surface area contributed by atoms with E-state index in [2.05, 4.69) is 15.3 Å². The van der Waals surface area contributed by atoms with Crippen LogP contribution in [0.3, 0.4) is 0 Å².